The lowest BCUT2D eigenvalue weighted by Gasteiger charge is -2.28. The zero-order valence-electron chi connectivity index (χ0n) is 18.7. The largest absolute Gasteiger partial charge is 0.465 e. The number of fused-ring (bicyclic) bond motifs is 3. The van der Waals surface area contributed by atoms with Crippen LogP contribution in [0.25, 0.3) is 22.0 Å². The van der Waals surface area contributed by atoms with Crippen molar-refractivity contribution >= 4 is 28.0 Å². The van der Waals surface area contributed by atoms with E-state index in [-0.39, 0.29) is 5.92 Å². The normalized spacial score (nSPS) is 16.0. The first-order valence-electron chi connectivity index (χ1n) is 10.9. The maximum absolute atomic E-state index is 13.2. The average molecular weight is 461 g/mol. The number of esters is 1. The molecule has 4 aromatic rings. The molecule has 0 bridgehead atoms. The molecule has 1 heterocycles. The van der Waals surface area contributed by atoms with Crippen LogP contribution in [-0.2, 0) is 15.7 Å². The summed E-state index contributed by atoms with van der Waals surface area (Å²) in [6.07, 6.45) is -3.98. The van der Waals surface area contributed by atoms with Gasteiger partial charge in [-0.1, -0.05) is 54.1 Å². The van der Waals surface area contributed by atoms with Gasteiger partial charge < -0.3 is 9.72 Å². The highest BCUT2D eigenvalue weighted by Gasteiger charge is 2.36. The summed E-state index contributed by atoms with van der Waals surface area (Å²) in [7, 11) is 1.31. The number of hydrogen-bond acceptors (Lipinski definition) is 2. The van der Waals surface area contributed by atoms with E-state index in [0.717, 1.165) is 39.7 Å². The number of benzene rings is 3. The van der Waals surface area contributed by atoms with Crippen LogP contribution in [0.3, 0.4) is 0 Å². The van der Waals surface area contributed by atoms with E-state index in [9.17, 15) is 18.0 Å². The molecule has 0 amide bonds. The molecule has 3 nitrogen and oxygen atoms in total. The van der Waals surface area contributed by atoms with Gasteiger partial charge >= 0.3 is 12.1 Å². The molecule has 0 spiro atoms. The number of alkyl halides is 3. The van der Waals surface area contributed by atoms with Crippen molar-refractivity contribution in [3.05, 3.63) is 106 Å². The summed E-state index contributed by atoms with van der Waals surface area (Å²) < 4.78 is 44.6. The molecular formula is C28H22F3NO2. The molecule has 0 saturated heterocycles. The summed E-state index contributed by atoms with van der Waals surface area (Å²) in [5.74, 6) is -0.608. The Morgan fingerprint density at radius 2 is 1.71 bits per heavy atom. The number of hydrogen-bond donors (Lipinski definition) is 1. The van der Waals surface area contributed by atoms with Crippen LogP contribution in [0.5, 0.6) is 0 Å². The van der Waals surface area contributed by atoms with Gasteiger partial charge in [-0.15, -0.1) is 0 Å². The molecule has 34 heavy (non-hydrogen) atoms. The highest BCUT2D eigenvalue weighted by atomic mass is 19.4. The third kappa shape index (κ3) is 3.69. The second kappa shape index (κ2) is 8.20. The number of nitrogens with one attached hydrogen (secondary N) is 1. The van der Waals surface area contributed by atoms with Gasteiger partial charge in [0.05, 0.1) is 23.9 Å². The van der Waals surface area contributed by atoms with Crippen molar-refractivity contribution in [3.8, 4) is 0 Å². The maximum Gasteiger partial charge on any atom is 0.416 e. The molecule has 1 aromatic heterocycles. The Balaban J connectivity index is 1.79. The summed E-state index contributed by atoms with van der Waals surface area (Å²) in [5.41, 5.74) is 5.57. The minimum atomic E-state index is -4.43. The number of aromatic nitrogens is 1. The lowest BCUT2D eigenvalue weighted by Crippen LogP contribution is -2.17. The van der Waals surface area contributed by atoms with E-state index in [0.29, 0.717) is 28.8 Å². The third-order valence-corrected chi connectivity index (χ3v) is 6.45. The van der Waals surface area contributed by atoms with Crippen molar-refractivity contribution in [1.29, 1.82) is 0 Å². The maximum atomic E-state index is 13.2. The highest BCUT2D eigenvalue weighted by molar-refractivity contribution is 6.26. The summed E-state index contributed by atoms with van der Waals surface area (Å²) >= 11 is 0. The number of rotatable bonds is 3. The predicted octanol–water partition coefficient (Wildman–Crippen LogP) is 7.11. The van der Waals surface area contributed by atoms with Crippen molar-refractivity contribution in [2.75, 3.05) is 7.11 Å². The summed E-state index contributed by atoms with van der Waals surface area (Å²) in [6.45, 7) is 2.02. The number of aromatic amines is 1. The minimum Gasteiger partial charge on any atom is -0.465 e. The fourth-order valence-corrected chi connectivity index (χ4v) is 4.86. The van der Waals surface area contributed by atoms with E-state index in [1.807, 2.05) is 49.4 Å². The first kappa shape index (κ1) is 22.0. The molecule has 3 aromatic carbocycles. The van der Waals surface area contributed by atoms with E-state index in [4.69, 9.17) is 4.74 Å². The fraction of sp³-hybridized carbons (Fsp3) is 0.179. The van der Waals surface area contributed by atoms with Crippen molar-refractivity contribution in [2.24, 2.45) is 0 Å². The molecular weight excluding hydrogens is 439 g/mol. The Morgan fingerprint density at radius 3 is 2.35 bits per heavy atom. The molecule has 1 aliphatic rings. The zero-order valence-corrected chi connectivity index (χ0v) is 18.7. The standard InChI is InChI=1S/C28H22F3NO2/c1-16-8-13-23-22(14-16)24-20(17-6-4-3-5-7-17)15-21(25(26(24)32-23)27(33)34-2)18-9-11-19(12-10-18)28(29,30)31/h3-14,20,32H,15H2,1-2H3. The second-order valence-electron chi connectivity index (χ2n) is 8.55. The van der Waals surface area contributed by atoms with Gasteiger partial charge in [0.2, 0.25) is 0 Å². The molecule has 6 heteroatoms. The number of carbonyl (C=O) groups excluding carboxylic acids is 1. The van der Waals surface area contributed by atoms with Gasteiger partial charge in [0.15, 0.2) is 0 Å². The van der Waals surface area contributed by atoms with E-state index in [1.165, 1.54) is 19.2 Å². The number of allylic oxidation sites excluding steroid dienone is 1. The number of aryl methyl sites for hydroxylation is 1. The predicted molar refractivity (Wildman–Crippen MR) is 126 cm³/mol. The van der Waals surface area contributed by atoms with Crippen LogP contribution >= 0.6 is 0 Å². The molecule has 172 valence electrons. The first-order valence-corrected chi connectivity index (χ1v) is 10.9. The topological polar surface area (TPSA) is 42.1 Å². The molecule has 0 fully saturated rings. The molecule has 1 atom stereocenters. The van der Waals surface area contributed by atoms with Gasteiger partial charge in [-0.05, 0) is 59.9 Å². The van der Waals surface area contributed by atoms with Crippen LogP contribution in [0.4, 0.5) is 13.2 Å². The van der Waals surface area contributed by atoms with Crippen molar-refractivity contribution in [1.82, 2.24) is 4.98 Å². The second-order valence-corrected chi connectivity index (χ2v) is 8.55. The average Bonchev–Trinajstić information content (AvgIpc) is 3.21. The Kier molecular flexibility index (Phi) is 5.31. The fourth-order valence-electron chi connectivity index (χ4n) is 4.86. The molecule has 5 rings (SSSR count). The van der Waals surface area contributed by atoms with Crippen LogP contribution in [-0.4, -0.2) is 18.1 Å². The number of H-pyrrole nitrogens is 1. The van der Waals surface area contributed by atoms with Crippen LogP contribution < -0.4 is 0 Å². The van der Waals surface area contributed by atoms with Crippen LogP contribution in [0.1, 0.15) is 45.8 Å². The van der Waals surface area contributed by atoms with Crippen molar-refractivity contribution < 1.29 is 22.7 Å². The van der Waals surface area contributed by atoms with E-state index in [2.05, 4.69) is 11.1 Å². The first-order chi connectivity index (χ1) is 16.3. The van der Waals surface area contributed by atoms with Crippen molar-refractivity contribution in [2.45, 2.75) is 25.4 Å². The van der Waals surface area contributed by atoms with Gasteiger partial charge in [0.1, 0.15) is 0 Å². The Labute approximate surface area is 194 Å². The smallest absolute Gasteiger partial charge is 0.416 e. The Bertz CT molecular complexity index is 1410. The van der Waals surface area contributed by atoms with Gasteiger partial charge in [0, 0.05) is 16.8 Å². The number of methoxy groups -OCH3 is 1. The van der Waals surface area contributed by atoms with E-state index < -0.39 is 17.7 Å². The molecule has 1 N–H and O–H groups in total. The lowest BCUT2D eigenvalue weighted by atomic mass is 9.75. The van der Waals surface area contributed by atoms with Crippen LogP contribution in [0.2, 0.25) is 0 Å². The van der Waals surface area contributed by atoms with Gasteiger partial charge in [-0.25, -0.2) is 4.79 Å². The third-order valence-electron chi connectivity index (χ3n) is 6.45. The molecule has 0 saturated carbocycles. The molecule has 0 radical (unpaired) electrons. The van der Waals surface area contributed by atoms with Crippen LogP contribution in [0, 0.1) is 6.92 Å². The van der Waals surface area contributed by atoms with Crippen molar-refractivity contribution in [3.63, 3.8) is 0 Å². The summed E-state index contributed by atoms with van der Waals surface area (Å²) in [6, 6.07) is 21.0. The Morgan fingerprint density at radius 1 is 1.00 bits per heavy atom. The summed E-state index contributed by atoms with van der Waals surface area (Å²) in [4.78, 5) is 16.5. The minimum absolute atomic E-state index is 0.0857. The van der Waals surface area contributed by atoms with Gasteiger partial charge in [0.25, 0.3) is 0 Å². The molecule has 1 aliphatic carbocycles. The number of ether oxygens (including phenoxy) is 1. The quantitative estimate of drug-likeness (QED) is 0.330. The number of halogens is 3. The highest BCUT2D eigenvalue weighted by Crippen LogP contribution is 2.49. The summed E-state index contributed by atoms with van der Waals surface area (Å²) in [5, 5.41) is 1.02. The molecule has 0 aliphatic heterocycles. The SMILES string of the molecule is COC(=O)C1=C(c2ccc(C(F)(F)F)cc2)CC(c2ccccc2)c2c1[nH]c1ccc(C)cc21. The van der Waals surface area contributed by atoms with Gasteiger partial charge in [-0.3, -0.25) is 0 Å². The number of carbonyl (C=O) groups is 1. The Hall–Kier alpha value is -3.80. The van der Waals surface area contributed by atoms with Crippen LogP contribution in [0.15, 0.2) is 72.8 Å². The van der Waals surface area contributed by atoms with E-state index in [1.54, 1.807) is 0 Å². The van der Waals surface area contributed by atoms with E-state index >= 15 is 0 Å². The molecule has 1 unspecified atom stereocenters. The zero-order chi connectivity index (χ0) is 24.0. The van der Waals surface area contributed by atoms with Gasteiger partial charge in [-0.2, -0.15) is 13.2 Å². The monoisotopic (exact) mass is 461 g/mol. The lowest BCUT2D eigenvalue weighted by molar-refractivity contribution is -0.137.